The van der Waals surface area contributed by atoms with Crippen LogP contribution < -0.4 is 15.4 Å². The highest BCUT2D eigenvalue weighted by Crippen LogP contribution is 2.22. The number of ether oxygens (including phenoxy) is 2. The Bertz CT molecular complexity index is 808. The first-order valence-corrected chi connectivity index (χ1v) is 9.07. The number of amides is 2. The van der Waals surface area contributed by atoms with E-state index >= 15 is 0 Å². The molecule has 0 saturated carbocycles. The molecule has 0 heterocycles. The lowest BCUT2D eigenvalue weighted by Crippen LogP contribution is -2.34. The maximum atomic E-state index is 12.6. The van der Waals surface area contributed by atoms with E-state index in [0.717, 1.165) is 11.3 Å². The molecule has 0 aromatic heterocycles. The Balaban J connectivity index is 2.05. The van der Waals surface area contributed by atoms with Gasteiger partial charge in [-0.05, 0) is 56.9 Å². The van der Waals surface area contributed by atoms with E-state index in [9.17, 15) is 9.59 Å². The third kappa shape index (κ3) is 5.99. The zero-order chi connectivity index (χ0) is 20.5. The van der Waals surface area contributed by atoms with Gasteiger partial charge in [-0.3, -0.25) is 10.1 Å². The average Bonchev–Trinajstić information content (AvgIpc) is 2.68. The molecule has 0 spiro atoms. The van der Waals surface area contributed by atoms with E-state index in [4.69, 9.17) is 9.47 Å². The van der Waals surface area contributed by atoms with Crippen LogP contribution in [0.2, 0.25) is 0 Å². The summed E-state index contributed by atoms with van der Waals surface area (Å²) in [5.41, 5.74) is 2.00. The molecule has 7 heteroatoms. The van der Waals surface area contributed by atoms with Crippen LogP contribution in [0.15, 0.2) is 48.5 Å². The zero-order valence-corrected chi connectivity index (χ0v) is 16.7. The van der Waals surface area contributed by atoms with Crippen LogP contribution in [0, 0.1) is 0 Å². The summed E-state index contributed by atoms with van der Waals surface area (Å²) in [4.78, 5) is 26.2. The molecule has 2 aromatic carbocycles. The Labute approximate surface area is 165 Å². The van der Waals surface area contributed by atoms with Crippen LogP contribution >= 0.6 is 0 Å². The first-order valence-electron chi connectivity index (χ1n) is 9.07. The van der Waals surface area contributed by atoms with Gasteiger partial charge in [-0.2, -0.15) is 0 Å². The van der Waals surface area contributed by atoms with Gasteiger partial charge < -0.3 is 19.7 Å². The maximum Gasteiger partial charge on any atom is 0.411 e. The van der Waals surface area contributed by atoms with Gasteiger partial charge in [-0.25, -0.2) is 4.79 Å². The minimum Gasteiger partial charge on any atom is -0.497 e. The molecule has 150 valence electrons. The summed E-state index contributed by atoms with van der Waals surface area (Å²) in [5.74, 6) is 0.552. The highest BCUT2D eigenvalue weighted by Gasteiger charge is 2.17. The van der Waals surface area contributed by atoms with E-state index in [1.807, 2.05) is 43.3 Å². The van der Waals surface area contributed by atoms with Gasteiger partial charge in [0.1, 0.15) is 5.75 Å². The number of carbonyl (C=O) groups excluding carboxylic acids is 2. The molecule has 0 unspecified atom stereocenters. The van der Waals surface area contributed by atoms with Crippen LogP contribution in [0.4, 0.5) is 10.5 Å². The molecule has 0 saturated heterocycles. The van der Waals surface area contributed by atoms with Crippen LogP contribution in [0.25, 0.3) is 0 Å². The first-order chi connectivity index (χ1) is 13.4. The van der Waals surface area contributed by atoms with Crippen molar-refractivity contribution in [1.82, 2.24) is 10.2 Å². The summed E-state index contributed by atoms with van der Waals surface area (Å²) in [6.07, 6.45) is -0.550. The average molecular weight is 385 g/mol. The number of nitrogens with one attached hydrogen (secondary N) is 2. The van der Waals surface area contributed by atoms with Crippen molar-refractivity contribution in [3.05, 3.63) is 59.7 Å². The smallest absolute Gasteiger partial charge is 0.411 e. The number of nitrogens with zero attached hydrogens (tertiary/aromatic N) is 1. The molecule has 2 N–H and O–H groups in total. The lowest BCUT2D eigenvalue weighted by molar-refractivity contribution is 0.0941. The predicted molar refractivity (Wildman–Crippen MR) is 109 cm³/mol. The number of hydrogen-bond acceptors (Lipinski definition) is 5. The van der Waals surface area contributed by atoms with E-state index in [1.165, 1.54) is 0 Å². The Kier molecular flexibility index (Phi) is 7.83. The molecule has 2 rings (SSSR count). The molecule has 0 aliphatic carbocycles. The summed E-state index contributed by atoms with van der Waals surface area (Å²) >= 11 is 0. The topological polar surface area (TPSA) is 79.9 Å². The van der Waals surface area contributed by atoms with Crippen molar-refractivity contribution >= 4 is 17.7 Å². The molecule has 0 aliphatic rings. The van der Waals surface area contributed by atoms with Crippen LogP contribution in [0.3, 0.4) is 0 Å². The van der Waals surface area contributed by atoms with E-state index < -0.39 is 6.09 Å². The monoisotopic (exact) mass is 385 g/mol. The van der Waals surface area contributed by atoms with Crippen LogP contribution in [0.1, 0.15) is 28.9 Å². The Hall–Kier alpha value is -3.06. The van der Waals surface area contributed by atoms with Crippen molar-refractivity contribution in [3.63, 3.8) is 0 Å². The number of methoxy groups -OCH3 is 1. The first kappa shape index (κ1) is 21.2. The van der Waals surface area contributed by atoms with Crippen LogP contribution in [-0.2, 0) is 4.74 Å². The lowest BCUT2D eigenvalue weighted by Gasteiger charge is -2.25. The fraction of sp³-hybridized carbons (Fsp3) is 0.333. The molecule has 2 aromatic rings. The lowest BCUT2D eigenvalue weighted by atomic mass is 10.1. The molecule has 0 radical (unpaired) electrons. The number of rotatable bonds is 8. The molecular formula is C21H27N3O4. The van der Waals surface area contributed by atoms with Gasteiger partial charge in [0.2, 0.25) is 0 Å². The standard InChI is InChI=1S/C21H27N3O4/c1-5-28-21(26)23-17-10-6-9-16(12-17)20(25)22-14-19(24(2)3)15-8-7-11-18(13-15)27-4/h6-13,19H,5,14H2,1-4H3,(H,22,25)(H,23,26)/t19-/m0/s1. The second-order valence-electron chi connectivity index (χ2n) is 6.39. The van der Waals surface area contributed by atoms with Crippen molar-refractivity contribution in [3.8, 4) is 5.75 Å². The van der Waals surface area contributed by atoms with Gasteiger partial charge in [0.05, 0.1) is 19.8 Å². The summed E-state index contributed by atoms with van der Waals surface area (Å²) in [6.45, 7) is 2.43. The largest absolute Gasteiger partial charge is 0.497 e. The number of anilines is 1. The van der Waals surface area contributed by atoms with E-state index in [-0.39, 0.29) is 18.6 Å². The zero-order valence-electron chi connectivity index (χ0n) is 16.7. The molecule has 0 bridgehead atoms. The van der Waals surface area contributed by atoms with Crippen molar-refractivity contribution in [2.24, 2.45) is 0 Å². The minimum absolute atomic E-state index is 0.0140. The van der Waals surface area contributed by atoms with Gasteiger partial charge in [0, 0.05) is 17.8 Å². The normalized spacial score (nSPS) is 11.6. The molecular weight excluding hydrogens is 358 g/mol. The summed E-state index contributed by atoms with van der Waals surface area (Å²) in [6, 6.07) is 14.5. The Morgan fingerprint density at radius 1 is 1.11 bits per heavy atom. The number of hydrogen-bond donors (Lipinski definition) is 2. The molecule has 0 fully saturated rings. The van der Waals surface area contributed by atoms with Gasteiger partial charge in [0.25, 0.3) is 5.91 Å². The third-order valence-electron chi connectivity index (χ3n) is 4.20. The molecule has 0 aliphatic heterocycles. The fourth-order valence-electron chi connectivity index (χ4n) is 2.76. The van der Waals surface area contributed by atoms with Crippen LogP contribution in [-0.4, -0.2) is 51.3 Å². The molecule has 1 atom stereocenters. The number of benzene rings is 2. The quantitative estimate of drug-likeness (QED) is 0.729. The molecule has 2 amide bonds. The second kappa shape index (κ2) is 10.3. The van der Waals surface area contributed by atoms with E-state index in [1.54, 1.807) is 38.3 Å². The predicted octanol–water partition coefficient (Wildman–Crippen LogP) is 3.30. The fourth-order valence-corrected chi connectivity index (χ4v) is 2.76. The van der Waals surface area contributed by atoms with Crippen molar-refractivity contribution in [2.45, 2.75) is 13.0 Å². The highest BCUT2D eigenvalue weighted by atomic mass is 16.5. The van der Waals surface area contributed by atoms with Gasteiger partial charge in [0.15, 0.2) is 0 Å². The van der Waals surface area contributed by atoms with Crippen molar-refractivity contribution < 1.29 is 19.1 Å². The molecule has 28 heavy (non-hydrogen) atoms. The Morgan fingerprint density at radius 2 is 1.86 bits per heavy atom. The second-order valence-corrected chi connectivity index (χ2v) is 6.39. The third-order valence-corrected chi connectivity index (χ3v) is 4.20. The maximum absolute atomic E-state index is 12.6. The SMILES string of the molecule is CCOC(=O)Nc1cccc(C(=O)NC[C@@H](c2cccc(OC)c2)N(C)C)c1. The minimum atomic E-state index is -0.550. The van der Waals surface area contributed by atoms with Gasteiger partial charge in [-0.1, -0.05) is 18.2 Å². The van der Waals surface area contributed by atoms with Gasteiger partial charge >= 0.3 is 6.09 Å². The van der Waals surface area contributed by atoms with Gasteiger partial charge in [-0.15, -0.1) is 0 Å². The number of carbonyl (C=O) groups is 2. The van der Waals surface area contributed by atoms with Crippen LogP contribution in [0.5, 0.6) is 5.75 Å². The summed E-state index contributed by atoms with van der Waals surface area (Å²) in [5, 5.41) is 5.55. The van der Waals surface area contributed by atoms with E-state index in [2.05, 4.69) is 10.6 Å². The number of likely N-dealkylation sites (N-methyl/N-ethyl adjacent to an activating group) is 1. The van der Waals surface area contributed by atoms with Crippen molar-refractivity contribution in [2.75, 3.05) is 39.7 Å². The summed E-state index contributed by atoms with van der Waals surface area (Å²) < 4.78 is 10.1. The summed E-state index contributed by atoms with van der Waals surface area (Å²) in [7, 11) is 5.54. The molecule has 7 nitrogen and oxygen atoms in total. The van der Waals surface area contributed by atoms with Crippen molar-refractivity contribution in [1.29, 1.82) is 0 Å². The highest BCUT2D eigenvalue weighted by molar-refractivity contribution is 5.96. The Morgan fingerprint density at radius 3 is 2.54 bits per heavy atom. The van der Waals surface area contributed by atoms with E-state index in [0.29, 0.717) is 17.8 Å².